The second kappa shape index (κ2) is 10.6. The first kappa shape index (κ1) is 23.0. The summed E-state index contributed by atoms with van der Waals surface area (Å²) in [6.07, 6.45) is 2.52. The smallest absolute Gasteiger partial charge is 0.317 e. The van der Waals surface area contributed by atoms with Crippen molar-refractivity contribution in [2.24, 2.45) is 0 Å². The number of carboxylic acids is 1. The molecule has 176 valence electrons. The largest absolute Gasteiger partial charge is 0.480 e. The zero-order chi connectivity index (χ0) is 23.9. The Labute approximate surface area is 196 Å². The molecule has 0 bridgehead atoms. The van der Waals surface area contributed by atoms with Crippen molar-refractivity contribution in [2.75, 3.05) is 49.9 Å². The molecule has 1 aromatic heterocycles. The number of aromatic nitrogens is 2. The highest BCUT2D eigenvalue weighted by Gasteiger charge is 2.23. The van der Waals surface area contributed by atoms with E-state index in [4.69, 9.17) is 9.84 Å². The number of benzene rings is 1. The van der Waals surface area contributed by atoms with E-state index < -0.39 is 5.97 Å². The van der Waals surface area contributed by atoms with Crippen LogP contribution in [0.2, 0.25) is 0 Å². The van der Waals surface area contributed by atoms with Crippen molar-refractivity contribution in [3.05, 3.63) is 48.1 Å². The number of fused-ring (bicyclic) bond motifs is 1. The molecule has 2 aliphatic rings. The molecule has 11 nitrogen and oxygen atoms in total. The Morgan fingerprint density at radius 2 is 2.00 bits per heavy atom. The number of carbonyl (C=O) groups is 2. The molecule has 34 heavy (non-hydrogen) atoms. The van der Waals surface area contributed by atoms with Crippen LogP contribution in [0.5, 0.6) is 5.75 Å². The molecule has 1 amide bonds. The third-order valence-electron chi connectivity index (χ3n) is 5.53. The van der Waals surface area contributed by atoms with Gasteiger partial charge in [-0.05, 0) is 24.6 Å². The molecular formula is C23H25N7O4. The molecule has 1 fully saturated rings. The van der Waals surface area contributed by atoms with Gasteiger partial charge in [0, 0.05) is 45.3 Å². The molecule has 0 saturated carbocycles. The Morgan fingerprint density at radius 3 is 2.74 bits per heavy atom. The van der Waals surface area contributed by atoms with Crippen LogP contribution in [0.3, 0.4) is 0 Å². The van der Waals surface area contributed by atoms with Crippen molar-refractivity contribution < 1.29 is 19.4 Å². The summed E-state index contributed by atoms with van der Waals surface area (Å²) in [6.45, 7) is 2.71. The lowest BCUT2D eigenvalue weighted by Gasteiger charge is -2.33. The second-order valence-corrected chi connectivity index (χ2v) is 7.89. The lowest BCUT2D eigenvalue weighted by Crippen LogP contribution is -2.49. The average Bonchev–Trinajstić information content (AvgIpc) is 3.26. The monoisotopic (exact) mass is 463 g/mol. The van der Waals surface area contributed by atoms with Gasteiger partial charge in [-0.25, -0.2) is 9.97 Å². The van der Waals surface area contributed by atoms with Crippen molar-refractivity contribution in [3.63, 3.8) is 0 Å². The lowest BCUT2D eigenvalue weighted by atomic mass is 10.2. The van der Waals surface area contributed by atoms with Crippen molar-refractivity contribution in [1.29, 1.82) is 5.26 Å². The molecular weight excluding hydrogens is 438 g/mol. The van der Waals surface area contributed by atoms with Crippen LogP contribution in [0.1, 0.15) is 18.5 Å². The fourth-order valence-corrected chi connectivity index (χ4v) is 3.78. The number of carbonyl (C=O) groups excluding carboxylic acids is 1. The number of ether oxygens (including phenoxy) is 1. The number of carboxylic acid groups (broad SMARTS) is 1. The van der Waals surface area contributed by atoms with Crippen LogP contribution in [0.25, 0.3) is 5.57 Å². The van der Waals surface area contributed by atoms with Crippen LogP contribution in [0.4, 0.5) is 11.6 Å². The van der Waals surface area contributed by atoms with E-state index in [0.717, 1.165) is 5.69 Å². The minimum Gasteiger partial charge on any atom is -0.480 e. The number of nitrogens with one attached hydrogen (secondary N) is 2. The highest BCUT2D eigenvalue weighted by Crippen LogP contribution is 2.35. The van der Waals surface area contributed by atoms with Crippen LogP contribution in [-0.2, 0) is 9.59 Å². The minimum atomic E-state index is -0.854. The van der Waals surface area contributed by atoms with Gasteiger partial charge in [0.1, 0.15) is 11.6 Å². The van der Waals surface area contributed by atoms with Crippen LogP contribution in [0, 0.1) is 11.3 Å². The number of piperazine rings is 1. The molecule has 0 radical (unpaired) electrons. The first-order valence-corrected chi connectivity index (χ1v) is 11.0. The van der Waals surface area contributed by atoms with E-state index in [1.165, 1.54) is 0 Å². The Morgan fingerprint density at radius 1 is 1.21 bits per heavy atom. The van der Waals surface area contributed by atoms with Crippen LogP contribution in [-0.4, -0.2) is 76.0 Å². The maximum atomic E-state index is 12.4. The van der Waals surface area contributed by atoms with E-state index in [1.54, 1.807) is 17.2 Å². The summed E-state index contributed by atoms with van der Waals surface area (Å²) >= 11 is 0. The summed E-state index contributed by atoms with van der Waals surface area (Å²) in [5.74, 6) is 0.517. The number of hydrogen-bond acceptors (Lipinski definition) is 9. The summed E-state index contributed by atoms with van der Waals surface area (Å²) in [6, 6.07) is 11.2. The standard InChI is InChI=1S/C23H25N7O4/c24-14-16(22-27-18-4-1-2-5-19(18)34-22)17-7-9-26-23(28-17)25-8-3-6-20(31)30-12-10-29(11-13-30)15-21(32)33/h1-2,4-5,7,9,27H,3,6,8,10-13,15H2,(H,32,33)(H,25,26,28). The predicted molar refractivity (Wildman–Crippen MR) is 124 cm³/mol. The van der Waals surface area contributed by atoms with E-state index >= 15 is 0 Å². The molecule has 3 N–H and O–H groups in total. The normalized spacial score (nSPS) is 16.6. The summed E-state index contributed by atoms with van der Waals surface area (Å²) < 4.78 is 5.75. The van der Waals surface area contributed by atoms with Crippen LogP contribution >= 0.6 is 0 Å². The molecule has 3 heterocycles. The van der Waals surface area contributed by atoms with Gasteiger partial charge in [0.2, 0.25) is 17.7 Å². The fourth-order valence-electron chi connectivity index (χ4n) is 3.78. The van der Waals surface area contributed by atoms with Crippen LogP contribution in [0.15, 0.2) is 42.4 Å². The highest BCUT2D eigenvalue weighted by atomic mass is 16.5. The van der Waals surface area contributed by atoms with E-state index in [1.807, 2.05) is 29.2 Å². The average molecular weight is 463 g/mol. The topological polar surface area (TPSA) is 144 Å². The van der Waals surface area contributed by atoms with Gasteiger partial charge in [-0.15, -0.1) is 0 Å². The van der Waals surface area contributed by atoms with Gasteiger partial charge in [-0.3, -0.25) is 14.5 Å². The molecule has 1 saturated heterocycles. The Kier molecular flexibility index (Phi) is 7.19. The number of nitrogens with zero attached hydrogens (tertiary/aromatic N) is 5. The number of allylic oxidation sites excluding steroid dienone is 1. The number of aliphatic carboxylic acids is 1. The fraction of sp³-hybridized carbons (Fsp3) is 0.348. The molecule has 1 aromatic carbocycles. The number of para-hydroxylation sites is 2. The zero-order valence-corrected chi connectivity index (χ0v) is 18.5. The lowest BCUT2D eigenvalue weighted by molar-refractivity contribution is -0.139. The second-order valence-electron chi connectivity index (χ2n) is 7.89. The third-order valence-corrected chi connectivity index (χ3v) is 5.53. The first-order valence-electron chi connectivity index (χ1n) is 11.0. The minimum absolute atomic E-state index is 0.00430. The van der Waals surface area contributed by atoms with Crippen molar-refractivity contribution in [1.82, 2.24) is 19.8 Å². The van der Waals surface area contributed by atoms with Gasteiger partial charge >= 0.3 is 5.97 Å². The summed E-state index contributed by atoms with van der Waals surface area (Å²) in [7, 11) is 0. The third kappa shape index (κ3) is 5.60. The van der Waals surface area contributed by atoms with Gasteiger partial charge in [0.05, 0.1) is 17.9 Å². The van der Waals surface area contributed by atoms with E-state index in [0.29, 0.717) is 68.8 Å². The maximum absolute atomic E-state index is 12.4. The number of rotatable bonds is 8. The first-order chi connectivity index (χ1) is 16.5. The molecule has 2 aromatic rings. The van der Waals surface area contributed by atoms with Crippen LogP contribution < -0.4 is 15.4 Å². The van der Waals surface area contributed by atoms with Gasteiger partial charge in [0.15, 0.2) is 5.75 Å². The predicted octanol–water partition coefficient (Wildman–Crippen LogP) is 1.59. The SMILES string of the molecule is N#CC(=C1Nc2ccccc2O1)c1ccnc(NCCCC(=O)N2CCN(CC(=O)O)CC2)n1. The number of anilines is 2. The van der Waals surface area contributed by atoms with Gasteiger partial charge in [0.25, 0.3) is 0 Å². The van der Waals surface area contributed by atoms with Crippen molar-refractivity contribution >= 4 is 29.1 Å². The van der Waals surface area contributed by atoms with Gasteiger partial charge < -0.3 is 25.4 Å². The number of nitriles is 1. The molecule has 2 aliphatic heterocycles. The molecule has 0 atom stereocenters. The Balaban J connectivity index is 1.27. The van der Waals surface area contributed by atoms with Gasteiger partial charge in [-0.1, -0.05) is 12.1 Å². The highest BCUT2D eigenvalue weighted by molar-refractivity contribution is 5.82. The Hall–Kier alpha value is -4.17. The van der Waals surface area contributed by atoms with Gasteiger partial charge in [-0.2, -0.15) is 5.26 Å². The molecule has 0 unspecified atom stereocenters. The van der Waals surface area contributed by atoms with Crippen molar-refractivity contribution in [3.8, 4) is 11.8 Å². The summed E-state index contributed by atoms with van der Waals surface area (Å²) in [5.41, 5.74) is 1.47. The quantitative estimate of drug-likeness (QED) is 0.390. The van der Waals surface area contributed by atoms with E-state index in [2.05, 4.69) is 26.7 Å². The van der Waals surface area contributed by atoms with E-state index in [-0.39, 0.29) is 18.0 Å². The molecule has 0 aliphatic carbocycles. The number of amides is 1. The van der Waals surface area contributed by atoms with E-state index in [9.17, 15) is 14.9 Å². The molecule has 0 spiro atoms. The molecule has 4 rings (SSSR count). The number of hydrogen-bond donors (Lipinski definition) is 3. The maximum Gasteiger partial charge on any atom is 0.317 e. The zero-order valence-electron chi connectivity index (χ0n) is 18.5. The summed E-state index contributed by atoms with van der Waals surface area (Å²) in [4.78, 5) is 35.4. The molecule has 11 heteroatoms. The summed E-state index contributed by atoms with van der Waals surface area (Å²) in [5, 5.41) is 24.7. The Bertz CT molecular complexity index is 1110. The van der Waals surface area contributed by atoms with Crippen molar-refractivity contribution in [2.45, 2.75) is 12.8 Å².